The predicted octanol–water partition coefficient (Wildman–Crippen LogP) is 2.01. The topological polar surface area (TPSA) is 88.3 Å². The maximum atomic E-state index is 12.4. The van der Waals surface area contributed by atoms with Crippen LogP contribution in [0.3, 0.4) is 0 Å². The van der Waals surface area contributed by atoms with Crippen LogP contribution in [0.2, 0.25) is 0 Å². The first kappa shape index (κ1) is 17.8. The summed E-state index contributed by atoms with van der Waals surface area (Å²) in [6, 6.07) is 4.80. The van der Waals surface area contributed by atoms with Crippen molar-refractivity contribution in [3.8, 4) is 0 Å². The number of nitrogens with zero attached hydrogens (tertiary/aromatic N) is 3. The Hall–Kier alpha value is -1.51. The minimum absolute atomic E-state index is 0.107. The van der Waals surface area contributed by atoms with Crippen LogP contribution < -0.4 is 4.72 Å². The summed E-state index contributed by atoms with van der Waals surface area (Å²) in [4.78, 5) is 2.46. The summed E-state index contributed by atoms with van der Waals surface area (Å²) in [5.74, 6) is 0. The summed E-state index contributed by atoms with van der Waals surface area (Å²) in [5, 5.41) is 7.35. The van der Waals surface area contributed by atoms with Crippen molar-refractivity contribution in [2.24, 2.45) is 0 Å². The van der Waals surface area contributed by atoms with Crippen molar-refractivity contribution in [1.29, 1.82) is 0 Å². The molecule has 1 aromatic carbocycles. The molecule has 2 rings (SSSR count). The summed E-state index contributed by atoms with van der Waals surface area (Å²) in [6.45, 7) is 7.68. The van der Waals surface area contributed by atoms with Gasteiger partial charge in [-0.3, -0.25) is 0 Å². The second kappa shape index (κ2) is 8.37. The van der Waals surface area contributed by atoms with Crippen LogP contribution in [0.25, 0.3) is 11.0 Å². The molecule has 0 atom stereocenters. The SMILES string of the molecule is CCCN(CCC)CCCNS(=O)(=O)c1cccc2nonc12. The van der Waals surface area contributed by atoms with E-state index in [1.54, 1.807) is 12.1 Å². The minimum atomic E-state index is -3.61. The lowest BCUT2D eigenvalue weighted by molar-refractivity contribution is 0.272. The predicted molar refractivity (Wildman–Crippen MR) is 88.6 cm³/mol. The lowest BCUT2D eigenvalue weighted by Gasteiger charge is -2.20. The zero-order chi connectivity index (χ0) is 16.7. The Morgan fingerprint density at radius 2 is 1.87 bits per heavy atom. The van der Waals surface area contributed by atoms with E-state index in [1.807, 2.05) is 0 Å². The third kappa shape index (κ3) is 4.73. The molecule has 128 valence electrons. The third-order valence-corrected chi connectivity index (χ3v) is 5.05. The van der Waals surface area contributed by atoms with E-state index in [-0.39, 0.29) is 10.4 Å². The lowest BCUT2D eigenvalue weighted by Crippen LogP contribution is -2.31. The van der Waals surface area contributed by atoms with E-state index in [0.717, 1.165) is 38.9 Å². The summed E-state index contributed by atoms with van der Waals surface area (Å²) < 4.78 is 32.1. The molecule has 0 fully saturated rings. The lowest BCUT2D eigenvalue weighted by atomic mass is 10.3. The highest BCUT2D eigenvalue weighted by molar-refractivity contribution is 7.89. The average Bonchev–Trinajstić information content (AvgIpc) is 3.00. The van der Waals surface area contributed by atoms with Gasteiger partial charge >= 0.3 is 0 Å². The smallest absolute Gasteiger partial charge is 0.242 e. The fraction of sp³-hybridized carbons (Fsp3) is 0.600. The largest absolute Gasteiger partial charge is 0.303 e. The van der Waals surface area contributed by atoms with Gasteiger partial charge in [0.25, 0.3) is 0 Å². The Morgan fingerprint density at radius 3 is 2.57 bits per heavy atom. The Kier molecular flexibility index (Phi) is 6.49. The van der Waals surface area contributed by atoms with E-state index in [2.05, 4.69) is 38.4 Å². The van der Waals surface area contributed by atoms with E-state index in [0.29, 0.717) is 12.1 Å². The zero-order valence-corrected chi connectivity index (χ0v) is 14.5. The first-order valence-electron chi connectivity index (χ1n) is 8.01. The van der Waals surface area contributed by atoms with E-state index in [9.17, 15) is 8.42 Å². The molecule has 0 amide bonds. The molecule has 1 N–H and O–H groups in total. The van der Waals surface area contributed by atoms with Gasteiger partial charge in [-0.2, -0.15) is 0 Å². The van der Waals surface area contributed by atoms with E-state index >= 15 is 0 Å². The van der Waals surface area contributed by atoms with Crippen molar-refractivity contribution in [3.05, 3.63) is 18.2 Å². The van der Waals surface area contributed by atoms with E-state index < -0.39 is 10.0 Å². The van der Waals surface area contributed by atoms with Gasteiger partial charge in [0.1, 0.15) is 10.4 Å². The Morgan fingerprint density at radius 1 is 1.13 bits per heavy atom. The van der Waals surface area contributed by atoms with Gasteiger partial charge in [0.2, 0.25) is 10.0 Å². The fourth-order valence-corrected chi connectivity index (χ4v) is 3.78. The number of hydrogen-bond donors (Lipinski definition) is 1. The monoisotopic (exact) mass is 340 g/mol. The van der Waals surface area contributed by atoms with E-state index in [1.165, 1.54) is 6.07 Å². The fourth-order valence-electron chi connectivity index (χ4n) is 2.55. The van der Waals surface area contributed by atoms with Crippen LogP contribution >= 0.6 is 0 Å². The maximum absolute atomic E-state index is 12.4. The molecule has 0 radical (unpaired) electrons. The standard InChI is InChI=1S/C15H24N4O3S/c1-3-10-19(11-4-2)12-6-9-16-23(20,21)14-8-5-7-13-15(14)18-22-17-13/h5,7-8,16H,3-4,6,9-12H2,1-2H3. The molecule has 23 heavy (non-hydrogen) atoms. The van der Waals surface area contributed by atoms with Crippen LogP contribution in [0.4, 0.5) is 0 Å². The van der Waals surface area contributed by atoms with Crippen molar-refractivity contribution in [3.63, 3.8) is 0 Å². The Balaban J connectivity index is 1.93. The highest BCUT2D eigenvalue weighted by Gasteiger charge is 2.19. The first-order chi connectivity index (χ1) is 11.1. The molecule has 0 aliphatic heterocycles. The molecule has 7 nitrogen and oxygen atoms in total. The van der Waals surface area contributed by atoms with Gasteiger partial charge in [0.15, 0.2) is 5.52 Å². The van der Waals surface area contributed by atoms with Crippen molar-refractivity contribution in [2.75, 3.05) is 26.2 Å². The normalized spacial score (nSPS) is 12.3. The van der Waals surface area contributed by atoms with Crippen molar-refractivity contribution in [2.45, 2.75) is 38.0 Å². The second-order valence-electron chi connectivity index (χ2n) is 5.48. The number of rotatable bonds is 10. The molecule has 0 spiro atoms. The van der Waals surface area contributed by atoms with Gasteiger partial charge in [-0.15, -0.1) is 0 Å². The van der Waals surface area contributed by atoms with Crippen LogP contribution in [-0.4, -0.2) is 49.8 Å². The molecular formula is C15H24N4O3S. The van der Waals surface area contributed by atoms with Crippen LogP contribution in [0.1, 0.15) is 33.1 Å². The molecule has 0 aliphatic rings. The van der Waals surface area contributed by atoms with Crippen LogP contribution in [0.15, 0.2) is 27.7 Å². The number of benzene rings is 1. The molecule has 8 heteroatoms. The minimum Gasteiger partial charge on any atom is -0.303 e. The van der Waals surface area contributed by atoms with Crippen LogP contribution in [-0.2, 0) is 10.0 Å². The average molecular weight is 340 g/mol. The van der Waals surface area contributed by atoms with Gasteiger partial charge in [-0.25, -0.2) is 17.8 Å². The molecule has 0 saturated carbocycles. The summed E-state index contributed by atoms with van der Waals surface area (Å²) >= 11 is 0. The number of sulfonamides is 1. The molecule has 2 aromatic rings. The zero-order valence-electron chi connectivity index (χ0n) is 13.7. The molecule has 0 unspecified atom stereocenters. The molecule has 0 aliphatic carbocycles. The number of fused-ring (bicyclic) bond motifs is 1. The Bertz CT molecular complexity index is 708. The molecule has 0 bridgehead atoms. The van der Waals surface area contributed by atoms with Crippen LogP contribution in [0, 0.1) is 0 Å². The number of hydrogen-bond acceptors (Lipinski definition) is 6. The summed E-state index contributed by atoms with van der Waals surface area (Å²) in [6.07, 6.45) is 2.98. The molecular weight excluding hydrogens is 316 g/mol. The van der Waals surface area contributed by atoms with Crippen molar-refractivity contribution >= 4 is 21.1 Å². The molecule has 1 heterocycles. The number of aromatic nitrogens is 2. The van der Waals surface area contributed by atoms with Gasteiger partial charge in [-0.05, 0) is 61.3 Å². The van der Waals surface area contributed by atoms with Crippen molar-refractivity contribution < 1.29 is 13.0 Å². The summed E-state index contributed by atoms with van der Waals surface area (Å²) in [5.41, 5.74) is 0.698. The van der Waals surface area contributed by atoms with Crippen LogP contribution in [0.5, 0.6) is 0 Å². The third-order valence-electron chi connectivity index (χ3n) is 3.56. The quantitative estimate of drug-likeness (QED) is 0.666. The van der Waals surface area contributed by atoms with Gasteiger partial charge in [0, 0.05) is 6.54 Å². The highest BCUT2D eigenvalue weighted by Crippen LogP contribution is 2.19. The Labute approximate surface area is 137 Å². The first-order valence-corrected chi connectivity index (χ1v) is 9.50. The second-order valence-corrected chi connectivity index (χ2v) is 7.22. The summed E-state index contributed by atoms with van der Waals surface area (Å²) in [7, 11) is -3.61. The maximum Gasteiger partial charge on any atom is 0.242 e. The van der Waals surface area contributed by atoms with Gasteiger partial charge < -0.3 is 4.90 Å². The van der Waals surface area contributed by atoms with Crippen molar-refractivity contribution in [1.82, 2.24) is 19.9 Å². The number of nitrogens with one attached hydrogen (secondary N) is 1. The van der Waals surface area contributed by atoms with E-state index in [4.69, 9.17) is 0 Å². The molecule has 0 saturated heterocycles. The highest BCUT2D eigenvalue weighted by atomic mass is 32.2. The van der Waals surface area contributed by atoms with Gasteiger partial charge in [0.05, 0.1) is 0 Å². The molecule has 1 aromatic heterocycles. The van der Waals surface area contributed by atoms with Gasteiger partial charge in [-0.1, -0.05) is 19.9 Å².